The molecule has 12 aromatic carbocycles. The summed E-state index contributed by atoms with van der Waals surface area (Å²) >= 11 is 34.9. The zero-order chi connectivity index (χ0) is 95.2. The number of thioether (sulfide) groups is 1. The van der Waals surface area contributed by atoms with E-state index in [0.29, 0.717) is 164 Å². The second-order valence-electron chi connectivity index (χ2n) is 30.9. The quantitative estimate of drug-likeness (QED) is 0.0329. The first-order valence-corrected chi connectivity index (χ1v) is 46.9. The third-order valence-electron chi connectivity index (χ3n) is 23.4. The summed E-state index contributed by atoms with van der Waals surface area (Å²) in [6.45, 7) is 3.26. The van der Waals surface area contributed by atoms with Crippen molar-refractivity contribution >= 4 is 116 Å². The van der Waals surface area contributed by atoms with Crippen LogP contribution in [0.3, 0.4) is 0 Å². The molecule has 0 aromatic heterocycles. The van der Waals surface area contributed by atoms with Crippen molar-refractivity contribution in [3.05, 3.63) is 326 Å². The monoisotopic (exact) mass is 2040 g/mol. The molecule has 0 spiro atoms. The maximum atomic E-state index is 13.6. The number of amides is 4. The van der Waals surface area contributed by atoms with Gasteiger partial charge in [0.2, 0.25) is 0 Å². The van der Waals surface area contributed by atoms with E-state index < -0.39 is 0 Å². The van der Waals surface area contributed by atoms with Gasteiger partial charge in [0, 0.05) is 56.4 Å². The molecule has 0 fully saturated rings. The van der Waals surface area contributed by atoms with Crippen LogP contribution in [0.5, 0.6) is 86.2 Å². The van der Waals surface area contributed by atoms with Crippen molar-refractivity contribution in [1.29, 1.82) is 0 Å². The second-order valence-corrected chi connectivity index (χ2v) is 35.0. The molecule has 16 rings (SSSR count). The van der Waals surface area contributed by atoms with Crippen LogP contribution in [-0.2, 0) is 25.7 Å². The van der Waals surface area contributed by atoms with E-state index in [-0.39, 0.29) is 66.0 Å². The van der Waals surface area contributed by atoms with Crippen LogP contribution in [0.4, 0.5) is 0 Å². The van der Waals surface area contributed by atoms with Gasteiger partial charge in [-0.1, -0.05) is 76.2 Å². The number of hydrogen-bond donors (Lipinski definition) is 0. The van der Waals surface area contributed by atoms with Crippen LogP contribution in [0.15, 0.2) is 235 Å². The summed E-state index contributed by atoms with van der Waals surface area (Å²) in [4.78, 5) is 62.7. The molecule has 4 aliphatic rings. The fraction of sp³-hybridized carbons (Fsp3) is 0.269. The molecule has 4 amide bonds. The Bertz CT molecular complexity index is 5930. The number of halogens is 6. The fourth-order valence-corrected chi connectivity index (χ4v) is 18.2. The number of ether oxygens (including phenoxy) is 15. The average Bonchev–Trinajstić information content (AvgIpc) is 0.778. The number of fused-ring (bicyclic) bond motifs is 4. The molecule has 4 heterocycles. The molecule has 0 saturated heterocycles. The van der Waals surface area contributed by atoms with Gasteiger partial charge in [-0.2, -0.15) is 0 Å². The molecule has 134 heavy (non-hydrogen) atoms. The summed E-state index contributed by atoms with van der Waals surface area (Å²) in [7, 11) is 17.7. The lowest BCUT2D eigenvalue weighted by Gasteiger charge is -2.38. The lowest BCUT2D eigenvalue weighted by atomic mass is 9.91. The lowest BCUT2D eigenvalue weighted by Crippen LogP contribution is -2.42. The summed E-state index contributed by atoms with van der Waals surface area (Å²) < 4.78 is 85.4. The summed E-state index contributed by atoms with van der Waals surface area (Å²) in [5, 5.41) is 1.84. The van der Waals surface area contributed by atoms with Crippen molar-refractivity contribution in [3.63, 3.8) is 0 Å². The van der Waals surface area contributed by atoms with Gasteiger partial charge >= 0.3 is 0 Å². The first-order chi connectivity index (χ1) is 65.0. The normalized spacial score (nSPS) is 14.9. The molecule has 0 aliphatic carbocycles. The molecule has 23 nitrogen and oxygen atoms in total. The number of nitrogens with zero attached hydrogens (tertiary/aromatic N) is 4. The highest BCUT2D eigenvalue weighted by molar-refractivity contribution is 14.1. The largest absolute Gasteiger partial charge is 0.497 e. The molecule has 0 bridgehead atoms. The van der Waals surface area contributed by atoms with Gasteiger partial charge in [0.25, 0.3) is 23.6 Å². The van der Waals surface area contributed by atoms with Crippen molar-refractivity contribution in [2.75, 3.05) is 137 Å². The summed E-state index contributed by atoms with van der Waals surface area (Å²) in [6.07, 6.45) is 4.79. The van der Waals surface area contributed by atoms with Crippen LogP contribution in [-0.4, -0.2) is 180 Å². The Balaban J connectivity index is 0.000000152. The molecule has 0 radical (unpaired) electrons. The number of benzene rings is 12. The van der Waals surface area contributed by atoms with Crippen LogP contribution in [0, 0.1) is 3.57 Å². The van der Waals surface area contributed by atoms with E-state index in [2.05, 4.69) is 22.6 Å². The zero-order valence-corrected chi connectivity index (χ0v) is 82.7. The highest BCUT2D eigenvalue weighted by atomic mass is 127. The molecule has 0 saturated carbocycles. The Morgan fingerprint density at radius 2 is 0.604 bits per heavy atom. The average molecular weight is 2050 g/mol. The highest BCUT2D eigenvalue weighted by Gasteiger charge is 2.39. The lowest BCUT2D eigenvalue weighted by molar-refractivity contribution is 0.0583. The highest BCUT2D eigenvalue weighted by Crippen LogP contribution is 2.46. The third-order valence-corrected chi connectivity index (χ3v) is 26.6. The molecular formula is C104H102Cl5IN4O19S. The Hall–Kier alpha value is -12.0. The Labute approximate surface area is 823 Å². The summed E-state index contributed by atoms with van der Waals surface area (Å²) in [5.74, 6) is 9.71. The molecule has 4 unspecified atom stereocenters. The minimum atomic E-state index is -0.381. The van der Waals surface area contributed by atoms with Crippen molar-refractivity contribution in [2.45, 2.75) is 54.7 Å². The van der Waals surface area contributed by atoms with Gasteiger partial charge in [0.1, 0.15) is 66.7 Å². The SMILES string of the molecule is COc1cc2c(cc1OC)C(COc1ccc(SC)cc1)N(C(=O)c1cccc(Cl)c1)CC2.COc1ccc(OCC2c3cc(OC)c(OC)cc3CCN2C(=O)c2ccc(Cl)c(Cl)c2)cc1.COc1ccc(OCC2c3cc(OC)c(OC)cc3CCN2C(=O)c2cccc(Cl)c2Cl)cc1.COc1ccc(OCC2c3cc(OC)c(OC)cc3CCN2C(=O)c2cccc(I)c2)cc1. The van der Waals surface area contributed by atoms with E-state index in [4.69, 9.17) is 129 Å². The smallest absolute Gasteiger partial charge is 0.256 e. The molecule has 30 heteroatoms. The van der Waals surface area contributed by atoms with E-state index in [9.17, 15) is 19.2 Å². The van der Waals surface area contributed by atoms with Crippen molar-refractivity contribution in [1.82, 2.24) is 19.6 Å². The van der Waals surface area contributed by atoms with Gasteiger partial charge in [-0.05, 0) is 311 Å². The molecule has 4 aliphatic heterocycles. The zero-order valence-electron chi connectivity index (χ0n) is 76.0. The van der Waals surface area contributed by atoms with Crippen LogP contribution in [0.2, 0.25) is 25.1 Å². The Kier molecular flexibility index (Phi) is 35.1. The van der Waals surface area contributed by atoms with Gasteiger partial charge in [-0.3, -0.25) is 19.2 Å². The third kappa shape index (κ3) is 23.9. The fourth-order valence-electron chi connectivity index (χ4n) is 16.4. The van der Waals surface area contributed by atoms with Gasteiger partial charge in [-0.25, -0.2) is 0 Å². The number of methoxy groups -OCH3 is 11. The minimum absolute atomic E-state index is 0.0164. The van der Waals surface area contributed by atoms with Crippen molar-refractivity contribution in [2.24, 2.45) is 0 Å². The van der Waals surface area contributed by atoms with Crippen LogP contribution >= 0.6 is 92.4 Å². The molecule has 0 N–H and O–H groups in total. The molecule has 4 atom stereocenters. The number of carbonyl (C=O) groups is 4. The predicted octanol–water partition coefficient (Wildman–Crippen LogP) is 22.7. The maximum absolute atomic E-state index is 13.6. The van der Waals surface area contributed by atoms with Crippen LogP contribution in [0.1, 0.15) is 110 Å². The molecule has 12 aromatic rings. The van der Waals surface area contributed by atoms with E-state index in [1.807, 2.05) is 186 Å². The number of carbonyl (C=O) groups excluding carboxylic acids is 4. The van der Waals surface area contributed by atoms with Crippen molar-refractivity contribution < 1.29 is 90.2 Å². The van der Waals surface area contributed by atoms with E-state index in [1.165, 1.54) is 4.90 Å². The maximum Gasteiger partial charge on any atom is 0.256 e. The molecular weight excluding hydrogens is 1950 g/mol. The molecule has 700 valence electrons. The minimum Gasteiger partial charge on any atom is -0.497 e. The number of rotatable bonds is 28. The van der Waals surface area contributed by atoms with Gasteiger partial charge in [0.05, 0.1) is 128 Å². The predicted molar refractivity (Wildman–Crippen MR) is 531 cm³/mol. The van der Waals surface area contributed by atoms with E-state index in [1.54, 1.807) is 160 Å². The summed E-state index contributed by atoms with van der Waals surface area (Å²) in [5.41, 5.74) is 10.3. The first kappa shape index (κ1) is 99.5. The van der Waals surface area contributed by atoms with Gasteiger partial charge in [-0.15, -0.1) is 11.8 Å². The summed E-state index contributed by atoms with van der Waals surface area (Å²) in [6, 6.07) is 69.1. The number of hydrogen-bond acceptors (Lipinski definition) is 20. The second kappa shape index (κ2) is 47.3. The van der Waals surface area contributed by atoms with Gasteiger partial charge in [0.15, 0.2) is 46.0 Å². The van der Waals surface area contributed by atoms with Crippen molar-refractivity contribution in [3.8, 4) is 86.2 Å². The van der Waals surface area contributed by atoms with Gasteiger partial charge < -0.3 is 90.7 Å². The topological polar surface area (TPSA) is 220 Å². The standard InChI is InChI=1S/2C26H25Cl2NO5.C26H26ClNO4S.C26H26INO5/c1-31-18-5-7-19(8-6-18)34-15-23-20-14-25(33-3)24(32-2)13-16(20)10-11-29(23)26(30)17-4-9-21(27)22(28)12-17;1-31-17-7-9-18(10-8-17)34-15-22-20-14-24(33-3)23(32-2)13-16(20)11-12-29(22)26(30)19-5-4-6-21(27)25(19)28;1-30-24-14-17-11-12-28(26(29)18-5-4-6-19(27)13-18)23(22(17)15-25(24)31-2)16-32-20-7-9-21(33-3)10-8-20;1-30-20-7-9-21(10-8-20)33-16-23-22-15-25(32-3)24(31-2)14-17(22)11-12-28(23)26(29)18-5-4-6-19(27)13-18/h4-9,12-14,23H,10-11,15H2,1-3H3;4-10,13-14,22H,11-12,15H2,1-3H3;2*4-10,13-15,23H,11-12,16H2,1-3H3. The van der Waals surface area contributed by atoms with Crippen LogP contribution in [0.25, 0.3) is 0 Å². The van der Waals surface area contributed by atoms with E-state index in [0.717, 1.165) is 77.5 Å². The van der Waals surface area contributed by atoms with E-state index >= 15 is 0 Å². The van der Waals surface area contributed by atoms with Crippen LogP contribution < -0.4 is 71.1 Å². The Morgan fingerprint density at radius 3 is 0.918 bits per heavy atom. The Morgan fingerprint density at radius 1 is 0.306 bits per heavy atom. The first-order valence-electron chi connectivity index (χ1n) is 42.7.